The van der Waals surface area contributed by atoms with E-state index in [2.05, 4.69) is 74.7 Å². The van der Waals surface area contributed by atoms with Crippen LogP contribution in [0, 0.1) is 13.8 Å². The Morgan fingerprint density at radius 1 is 1.20 bits per heavy atom. The van der Waals surface area contributed by atoms with Crippen molar-refractivity contribution in [1.29, 1.82) is 0 Å². The van der Waals surface area contributed by atoms with Crippen molar-refractivity contribution in [3.63, 3.8) is 0 Å². The van der Waals surface area contributed by atoms with E-state index >= 15 is 0 Å². The molecule has 138 valence electrons. The molecule has 1 heterocycles. The van der Waals surface area contributed by atoms with Gasteiger partial charge in [0.15, 0.2) is 5.96 Å². The standard InChI is InChI=1S/C18H25BrN4S.HI/c1-13-14(2)24-17(23-13)9-11-22-18(20-3)21-10-5-7-15-6-4-8-16(19)12-15;/h4,6,8,12H,5,7,9-11H2,1-3H3,(H2,20,21,22);1H. The van der Waals surface area contributed by atoms with Crippen LogP contribution in [0.15, 0.2) is 33.7 Å². The Morgan fingerprint density at radius 3 is 2.60 bits per heavy atom. The predicted molar refractivity (Wildman–Crippen MR) is 123 cm³/mol. The van der Waals surface area contributed by atoms with Gasteiger partial charge in [-0.25, -0.2) is 4.98 Å². The third-order valence-electron chi connectivity index (χ3n) is 3.75. The second-order valence-corrected chi connectivity index (χ2v) is 7.86. The van der Waals surface area contributed by atoms with Gasteiger partial charge in [-0.3, -0.25) is 4.99 Å². The number of aliphatic imine (C=N–C) groups is 1. The zero-order valence-electron chi connectivity index (χ0n) is 14.9. The summed E-state index contributed by atoms with van der Waals surface area (Å²) in [6.45, 7) is 5.93. The second-order valence-electron chi connectivity index (χ2n) is 5.66. The van der Waals surface area contributed by atoms with Crippen LogP contribution in [0.5, 0.6) is 0 Å². The molecule has 0 unspecified atom stereocenters. The summed E-state index contributed by atoms with van der Waals surface area (Å²) in [6.07, 6.45) is 3.06. The highest BCUT2D eigenvalue weighted by Gasteiger charge is 2.04. The number of halogens is 2. The van der Waals surface area contributed by atoms with Gasteiger partial charge < -0.3 is 10.6 Å². The zero-order valence-corrected chi connectivity index (χ0v) is 19.7. The Kier molecular flexibility index (Phi) is 10.6. The van der Waals surface area contributed by atoms with Crippen LogP contribution in [0.1, 0.15) is 27.6 Å². The van der Waals surface area contributed by atoms with E-state index < -0.39 is 0 Å². The van der Waals surface area contributed by atoms with Crippen molar-refractivity contribution in [2.75, 3.05) is 20.1 Å². The maximum atomic E-state index is 4.56. The van der Waals surface area contributed by atoms with Crippen molar-refractivity contribution in [3.8, 4) is 0 Å². The molecule has 0 saturated heterocycles. The van der Waals surface area contributed by atoms with Gasteiger partial charge in [0.25, 0.3) is 0 Å². The van der Waals surface area contributed by atoms with Gasteiger partial charge in [0.05, 0.1) is 10.7 Å². The van der Waals surface area contributed by atoms with Crippen LogP contribution in [0.3, 0.4) is 0 Å². The van der Waals surface area contributed by atoms with E-state index in [9.17, 15) is 0 Å². The minimum atomic E-state index is 0. The maximum Gasteiger partial charge on any atom is 0.190 e. The first-order valence-electron chi connectivity index (χ1n) is 8.20. The summed E-state index contributed by atoms with van der Waals surface area (Å²) in [6, 6.07) is 8.47. The third kappa shape index (κ3) is 8.04. The van der Waals surface area contributed by atoms with Gasteiger partial charge in [-0.05, 0) is 44.4 Å². The van der Waals surface area contributed by atoms with E-state index in [-0.39, 0.29) is 24.0 Å². The molecule has 0 fully saturated rings. The predicted octanol–water partition coefficient (Wildman–Crippen LogP) is 4.48. The molecule has 0 atom stereocenters. The molecule has 4 nitrogen and oxygen atoms in total. The zero-order chi connectivity index (χ0) is 17.4. The fraction of sp³-hybridized carbons (Fsp3) is 0.444. The van der Waals surface area contributed by atoms with Crippen LogP contribution in [0.4, 0.5) is 0 Å². The highest BCUT2D eigenvalue weighted by Crippen LogP contribution is 2.16. The molecule has 25 heavy (non-hydrogen) atoms. The van der Waals surface area contributed by atoms with Crippen molar-refractivity contribution in [2.24, 2.45) is 4.99 Å². The molecule has 1 aromatic carbocycles. The number of nitrogens with zero attached hydrogens (tertiary/aromatic N) is 2. The minimum Gasteiger partial charge on any atom is -0.356 e. The average molecular weight is 537 g/mol. The van der Waals surface area contributed by atoms with Gasteiger partial charge in [0.1, 0.15) is 0 Å². The Hall–Kier alpha value is -0.670. The van der Waals surface area contributed by atoms with Crippen LogP contribution >= 0.6 is 51.2 Å². The van der Waals surface area contributed by atoms with Crippen LogP contribution in [-0.2, 0) is 12.8 Å². The van der Waals surface area contributed by atoms with E-state index in [4.69, 9.17) is 0 Å². The van der Waals surface area contributed by atoms with E-state index in [1.54, 1.807) is 18.4 Å². The first-order chi connectivity index (χ1) is 11.6. The number of thiazole rings is 1. The molecule has 0 aliphatic rings. The lowest BCUT2D eigenvalue weighted by atomic mass is 10.1. The SMILES string of the molecule is CN=C(NCCCc1cccc(Br)c1)NCCc1nc(C)c(C)s1.I. The molecule has 7 heteroatoms. The molecule has 0 aliphatic heterocycles. The normalized spacial score (nSPS) is 11.1. The van der Waals surface area contributed by atoms with E-state index in [0.717, 1.165) is 48.5 Å². The molecule has 2 aromatic rings. The Bertz CT molecular complexity index is 668. The molecule has 2 N–H and O–H groups in total. The van der Waals surface area contributed by atoms with E-state index in [1.807, 2.05) is 0 Å². The molecule has 0 bridgehead atoms. The summed E-state index contributed by atoms with van der Waals surface area (Å²) >= 11 is 5.29. The van der Waals surface area contributed by atoms with Crippen LogP contribution in [0.2, 0.25) is 0 Å². The van der Waals surface area contributed by atoms with Crippen LogP contribution in [-0.4, -0.2) is 31.1 Å². The molecule has 2 rings (SSSR count). The summed E-state index contributed by atoms with van der Waals surface area (Å²) in [5, 5.41) is 7.90. The molecule has 0 spiro atoms. The van der Waals surface area contributed by atoms with Crippen LogP contribution < -0.4 is 10.6 Å². The van der Waals surface area contributed by atoms with Crippen molar-refractivity contribution >= 4 is 57.2 Å². The smallest absolute Gasteiger partial charge is 0.190 e. The third-order valence-corrected chi connectivity index (χ3v) is 5.38. The first kappa shape index (κ1) is 22.4. The molecule has 0 amide bonds. The molecule has 0 radical (unpaired) electrons. The van der Waals surface area contributed by atoms with Gasteiger partial charge in [-0.1, -0.05) is 28.1 Å². The summed E-state index contributed by atoms with van der Waals surface area (Å²) in [4.78, 5) is 10.1. The lowest BCUT2D eigenvalue weighted by Gasteiger charge is -2.11. The van der Waals surface area contributed by atoms with E-state index in [1.165, 1.54) is 15.4 Å². The van der Waals surface area contributed by atoms with Crippen molar-refractivity contribution in [1.82, 2.24) is 15.6 Å². The van der Waals surface area contributed by atoms with Gasteiger partial charge in [-0.2, -0.15) is 0 Å². The lowest BCUT2D eigenvalue weighted by molar-refractivity contribution is 0.738. The van der Waals surface area contributed by atoms with Crippen molar-refractivity contribution in [2.45, 2.75) is 33.1 Å². The highest BCUT2D eigenvalue weighted by atomic mass is 127. The molecule has 0 aliphatic carbocycles. The second kappa shape index (κ2) is 11.9. The monoisotopic (exact) mass is 536 g/mol. The maximum absolute atomic E-state index is 4.56. The van der Waals surface area contributed by atoms with Gasteiger partial charge >= 0.3 is 0 Å². The number of rotatable bonds is 7. The Balaban J connectivity index is 0.00000312. The molecule has 1 aromatic heterocycles. The summed E-state index contributed by atoms with van der Waals surface area (Å²) in [7, 11) is 1.81. The van der Waals surface area contributed by atoms with Gasteiger partial charge in [0.2, 0.25) is 0 Å². The fourth-order valence-corrected chi connectivity index (χ4v) is 3.73. The lowest BCUT2D eigenvalue weighted by Crippen LogP contribution is -2.38. The molecule has 0 saturated carbocycles. The van der Waals surface area contributed by atoms with Crippen molar-refractivity contribution in [3.05, 3.63) is 49.9 Å². The number of nitrogens with one attached hydrogen (secondary N) is 2. The molecular formula is C18H26BrIN4S. The number of hydrogen-bond donors (Lipinski definition) is 2. The number of benzene rings is 1. The summed E-state index contributed by atoms with van der Waals surface area (Å²) in [5.74, 6) is 0.856. The average Bonchev–Trinajstić information content (AvgIpc) is 2.88. The quantitative estimate of drug-likeness (QED) is 0.237. The van der Waals surface area contributed by atoms with Crippen LogP contribution in [0.25, 0.3) is 0 Å². The number of guanidine groups is 1. The number of aryl methyl sites for hydroxylation is 3. The Morgan fingerprint density at radius 2 is 1.96 bits per heavy atom. The number of hydrogen-bond acceptors (Lipinski definition) is 3. The minimum absolute atomic E-state index is 0. The molecular weight excluding hydrogens is 511 g/mol. The van der Waals surface area contributed by atoms with Gasteiger partial charge in [-0.15, -0.1) is 35.3 Å². The largest absolute Gasteiger partial charge is 0.356 e. The Labute approximate surface area is 180 Å². The summed E-state index contributed by atoms with van der Waals surface area (Å²) < 4.78 is 1.14. The fourth-order valence-electron chi connectivity index (χ4n) is 2.35. The highest BCUT2D eigenvalue weighted by molar-refractivity contribution is 14.0. The number of aromatic nitrogens is 1. The topological polar surface area (TPSA) is 49.3 Å². The van der Waals surface area contributed by atoms with Crippen molar-refractivity contribution < 1.29 is 0 Å². The first-order valence-corrected chi connectivity index (χ1v) is 9.81. The van der Waals surface area contributed by atoms with E-state index in [0.29, 0.717) is 0 Å². The summed E-state index contributed by atoms with van der Waals surface area (Å²) in [5.41, 5.74) is 2.49. The van der Waals surface area contributed by atoms with Gasteiger partial charge in [0, 0.05) is 35.9 Å².